The highest BCUT2D eigenvalue weighted by molar-refractivity contribution is 6.34. The number of methoxy groups -OCH3 is 1. The minimum absolute atomic E-state index is 0.140. The average Bonchev–Trinajstić information content (AvgIpc) is 2.63. The van der Waals surface area contributed by atoms with Gasteiger partial charge in [-0.1, -0.05) is 29.3 Å². The van der Waals surface area contributed by atoms with Crippen molar-refractivity contribution >= 4 is 40.8 Å². The molecule has 2 aromatic rings. The van der Waals surface area contributed by atoms with Crippen LogP contribution in [0, 0.1) is 6.92 Å². The monoisotopic (exact) mass is 411 g/mol. The smallest absolute Gasteiger partial charge is 0.338 e. The zero-order valence-electron chi connectivity index (χ0n) is 15.1. The molecule has 0 aliphatic carbocycles. The molecule has 6 nitrogen and oxygen atoms in total. The van der Waals surface area contributed by atoms with Gasteiger partial charge in [-0.05, 0) is 43.7 Å². The number of nitrogens with one attached hydrogen (secondary N) is 1. The molecule has 0 spiro atoms. The van der Waals surface area contributed by atoms with E-state index in [2.05, 4.69) is 5.32 Å². The third kappa shape index (κ3) is 5.52. The maximum Gasteiger partial charge on any atom is 0.338 e. The van der Waals surface area contributed by atoms with Gasteiger partial charge in [0.05, 0.1) is 35.0 Å². The number of esters is 1. The van der Waals surface area contributed by atoms with Crippen LogP contribution < -0.4 is 14.8 Å². The van der Waals surface area contributed by atoms with Gasteiger partial charge in [-0.2, -0.15) is 0 Å². The molecule has 0 saturated carbocycles. The first-order valence-corrected chi connectivity index (χ1v) is 8.84. The van der Waals surface area contributed by atoms with E-state index < -0.39 is 18.5 Å². The number of rotatable bonds is 7. The maximum atomic E-state index is 12.2. The number of carbonyl (C=O) groups excluding carboxylic acids is 2. The van der Waals surface area contributed by atoms with Crippen molar-refractivity contribution in [3.8, 4) is 11.5 Å². The zero-order chi connectivity index (χ0) is 20.0. The summed E-state index contributed by atoms with van der Waals surface area (Å²) in [6, 6.07) is 8.04. The molecule has 2 aromatic carbocycles. The Kier molecular flexibility index (Phi) is 7.33. The highest BCUT2D eigenvalue weighted by atomic mass is 35.5. The molecule has 0 aliphatic heterocycles. The molecule has 0 unspecified atom stereocenters. The average molecular weight is 412 g/mol. The van der Waals surface area contributed by atoms with Crippen molar-refractivity contribution in [3.05, 3.63) is 51.5 Å². The minimum Gasteiger partial charge on any atom is -0.493 e. The van der Waals surface area contributed by atoms with Crippen LogP contribution in [-0.2, 0) is 9.53 Å². The highest BCUT2D eigenvalue weighted by Gasteiger charge is 2.18. The number of amides is 1. The molecule has 0 saturated heterocycles. The summed E-state index contributed by atoms with van der Waals surface area (Å²) in [7, 11) is 1.43. The topological polar surface area (TPSA) is 73.9 Å². The van der Waals surface area contributed by atoms with Gasteiger partial charge >= 0.3 is 5.97 Å². The Morgan fingerprint density at radius 1 is 1.11 bits per heavy atom. The fraction of sp³-hybridized carbons (Fsp3) is 0.263. The minimum atomic E-state index is -0.719. The second kappa shape index (κ2) is 9.48. The number of hydrogen-bond donors (Lipinski definition) is 1. The summed E-state index contributed by atoms with van der Waals surface area (Å²) in [5.41, 5.74) is 1.54. The highest BCUT2D eigenvalue weighted by Crippen LogP contribution is 2.36. The summed E-state index contributed by atoms with van der Waals surface area (Å²) in [4.78, 5) is 24.2. The molecule has 0 atom stereocenters. The fourth-order valence-corrected chi connectivity index (χ4v) is 2.79. The van der Waals surface area contributed by atoms with Crippen molar-refractivity contribution in [2.24, 2.45) is 0 Å². The third-order valence-electron chi connectivity index (χ3n) is 3.49. The first kappa shape index (κ1) is 20.9. The molecule has 27 heavy (non-hydrogen) atoms. The lowest BCUT2D eigenvalue weighted by Crippen LogP contribution is -2.21. The SMILES string of the molecule is CCOc1c(Cl)cc(C(=O)OCC(=O)Nc2ccc(C)cc2Cl)cc1OC. The van der Waals surface area contributed by atoms with E-state index in [0.29, 0.717) is 28.8 Å². The van der Waals surface area contributed by atoms with E-state index in [1.165, 1.54) is 19.2 Å². The van der Waals surface area contributed by atoms with Crippen LogP contribution in [0.25, 0.3) is 0 Å². The van der Waals surface area contributed by atoms with Crippen molar-refractivity contribution in [3.63, 3.8) is 0 Å². The van der Waals surface area contributed by atoms with Crippen molar-refractivity contribution in [2.45, 2.75) is 13.8 Å². The van der Waals surface area contributed by atoms with Crippen molar-refractivity contribution in [1.29, 1.82) is 0 Å². The number of carbonyl (C=O) groups is 2. The van der Waals surface area contributed by atoms with Crippen molar-refractivity contribution < 1.29 is 23.8 Å². The van der Waals surface area contributed by atoms with Crippen LogP contribution in [0.5, 0.6) is 11.5 Å². The second-order valence-electron chi connectivity index (χ2n) is 5.53. The lowest BCUT2D eigenvalue weighted by molar-refractivity contribution is -0.119. The predicted molar refractivity (Wildman–Crippen MR) is 104 cm³/mol. The summed E-state index contributed by atoms with van der Waals surface area (Å²) in [5, 5.41) is 3.19. The normalized spacial score (nSPS) is 10.3. The number of halogens is 2. The predicted octanol–water partition coefficient (Wildman–Crippen LogP) is 4.50. The molecule has 1 amide bonds. The Morgan fingerprint density at radius 3 is 2.48 bits per heavy atom. The van der Waals surface area contributed by atoms with Gasteiger partial charge in [0.1, 0.15) is 0 Å². The number of anilines is 1. The van der Waals surface area contributed by atoms with Crippen LogP contribution in [0.3, 0.4) is 0 Å². The first-order valence-electron chi connectivity index (χ1n) is 8.09. The van der Waals surface area contributed by atoms with E-state index >= 15 is 0 Å². The first-order chi connectivity index (χ1) is 12.8. The van der Waals surface area contributed by atoms with E-state index in [9.17, 15) is 9.59 Å². The Labute approximate surface area is 167 Å². The Bertz CT molecular complexity index is 854. The van der Waals surface area contributed by atoms with Crippen LogP contribution in [0.15, 0.2) is 30.3 Å². The quantitative estimate of drug-likeness (QED) is 0.678. The Hall–Kier alpha value is -2.44. The third-order valence-corrected chi connectivity index (χ3v) is 4.08. The van der Waals surface area contributed by atoms with Gasteiger partial charge < -0.3 is 19.5 Å². The summed E-state index contributed by atoms with van der Waals surface area (Å²) in [6.07, 6.45) is 0. The van der Waals surface area contributed by atoms with Gasteiger partial charge in [0.25, 0.3) is 5.91 Å². The summed E-state index contributed by atoms with van der Waals surface area (Å²) < 4.78 is 15.6. The van der Waals surface area contributed by atoms with E-state index in [-0.39, 0.29) is 10.6 Å². The van der Waals surface area contributed by atoms with Crippen LogP contribution >= 0.6 is 23.2 Å². The molecule has 1 N–H and O–H groups in total. The van der Waals surface area contributed by atoms with Gasteiger partial charge in [-0.3, -0.25) is 4.79 Å². The van der Waals surface area contributed by atoms with Gasteiger partial charge in [0.15, 0.2) is 18.1 Å². The van der Waals surface area contributed by atoms with Crippen LogP contribution in [-0.4, -0.2) is 32.2 Å². The number of hydrogen-bond acceptors (Lipinski definition) is 5. The van der Waals surface area contributed by atoms with Crippen LogP contribution in [0.2, 0.25) is 10.0 Å². The summed E-state index contributed by atoms with van der Waals surface area (Å²) in [5.74, 6) is -0.598. The lowest BCUT2D eigenvalue weighted by atomic mass is 10.2. The van der Waals surface area contributed by atoms with Crippen LogP contribution in [0.4, 0.5) is 5.69 Å². The van der Waals surface area contributed by atoms with E-state index in [1.54, 1.807) is 19.1 Å². The van der Waals surface area contributed by atoms with Crippen molar-refractivity contribution in [2.75, 3.05) is 25.6 Å². The van der Waals surface area contributed by atoms with Crippen molar-refractivity contribution in [1.82, 2.24) is 0 Å². The number of benzene rings is 2. The Balaban J connectivity index is 2.02. The molecular formula is C19H19Cl2NO5. The molecule has 0 aromatic heterocycles. The standard InChI is InChI=1S/C19H19Cl2NO5/c1-4-26-18-14(21)8-12(9-16(18)25-3)19(24)27-10-17(23)22-15-6-5-11(2)7-13(15)20/h5-9H,4,10H2,1-3H3,(H,22,23). The van der Waals surface area contributed by atoms with E-state index in [1.807, 2.05) is 13.0 Å². The lowest BCUT2D eigenvalue weighted by Gasteiger charge is -2.13. The summed E-state index contributed by atoms with van der Waals surface area (Å²) >= 11 is 12.2. The molecule has 0 radical (unpaired) electrons. The van der Waals surface area contributed by atoms with Gasteiger partial charge in [-0.15, -0.1) is 0 Å². The second-order valence-corrected chi connectivity index (χ2v) is 6.34. The Morgan fingerprint density at radius 2 is 1.85 bits per heavy atom. The molecule has 0 heterocycles. The molecular weight excluding hydrogens is 393 g/mol. The van der Waals surface area contributed by atoms with Gasteiger partial charge in [0.2, 0.25) is 0 Å². The summed E-state index contributed by atoms with van der Waals surface area (Å²) in [6.45, 7) is 3.60. The van der Waals surface area contributed by atoms with Gasteiger partial charge in [-0.25, -0.2) is 4.79 Å². The maximum absolute atomic E-state index is 12.2. The largest absolute Gasteiger partial charge is 0.493 e. The molecule has 0 bridgehead atoms. The molecule has 8 heteroatoms. The molecule has 144 valence electrons. The van der Waals surface area contributed by atoms with Crippen LogP contribution in [0.1, 0.15) is 22.8 Å². The molecule has 0 fully saturated rings. The van der Waals surface area contributed by atoms with Gasteiger partial charge in [0, 0.05) is 0 Å². The molecule has 0 aliphatic rings. The van der Waals surface area contributed by atoms with E-state index in [0.717, 1.165) is 5.56 Å². The number of ether oxygens (including phenoxy) is 3. The van der Waals surface area contributed by atoms with E-state index in [4.69, 9.17) is 37.4 Å². The zero-order valence-corrected chi connectivity index (χ0v) is 16.6. The fourth-order valence-electron chi connectivity index (χ4n) is 2.24. The number of aryl methyl sites for hydroxylation is 1. The molecule has 2 rings (SSSR count).